The molecule has 1 atom stereocenters. The highest BCUT2D eigenvalue weighted by atomic mass is 16.5. The van der Waals surface area contributed by atoms with Gasteiger partial charge in [-0.2, -0.15) is 0 Å². The van der Waals surface area contributed by atoms with Gasteiger partial charge >= 0.3 is 0 Å². The number of H-pyrrole nitrogens is 1. The first-order chi connectivity index (χ1) is 12.2. The number of carbonyl (C=O) groups is 1. The molecule has 3 heterocycles. The van der Waals surface area contributed by atoms with Crippen LogP contribution in [0.1, 0.15) is 24.1 Å². The molecule has 0 aliphatic carbocycles. The minimum atomic E-state index is -0.151. The second-order valence-corrected chi connectivity index (χ2v) is 6.13. The number of amides is 1. The Morgan fingerprint density at radius 1 is 1.40 bits per heavy atom. The number of hydrogen-bond donors (Lipinski definition) is 1. The van der Waals surface area contributed by atoms with Crippen LogP contribution in [-0.4, -0.2) is 51.6 Å². The van der Waals surface area contributed by atoms with Crippen molar-refractivity contribution in [3.63, 3.8) is 0 Å². The molecule has 7 heteroatoms. The Labute approximate surface area is 146 Å². The molecule has 0 radical (unpaired) electrons. The Bertz CT molecular complexity index is 747. The van der Waals surface area contributed by atoms with E-state index >= 15 is 0 Å². The first-order valence-electron chi connectivity index (χ1n) is 8.52. The van der Waals surface area contributed by atoms with Gasteiger partial charge in [0.15, 0.2) is 0 Å². The SMILES string of the molecule is O=C(CCc1cccnc1)N1CCOC(CCc2cc(=O)[nH]cn2)C1. The molecular weight excluding hydrogens is 320 g/mol. The predicted molar refractivity (Wildman–Crippen MR) is 92.1 cm³/mol. The molecule has 1 fully saturated rings. The number of carbonyl (C=O) groups excluding carboxylic acids is 1. The zero-order valence-electron chi connectivity index (χ0n) is 14.1. The summed E-state index contributed by atoms with van der Waals surface area (Å²) in [5.41, 5.74) is 1.66. The fourth-order valence-corrected chi connectivity index (χ4v) is 2.93. The van der Waals surface area contributed by atoms with Crippen molar-refractivity contribution >= 4 is 5.91 Å². The lowest BCUT2D eigenvalue weighted by molar-refractivity contribution is -0.138. The Kier molecular flexibility index (Phi) is 5.90. The predicted octanol–water partition coefficient (Wildman–Crippen LogP) is 0.958. The minimum Gasteiger partial charge on any atom is -0.375 e. The lowest BCUT2D eigenvalue weighted by atomic mass is 10.1. The van der Waals surface area contributed by atoms with Crippen LogP contribution >= 0.6 is 0 Å². The number of pyridine rings is 1. The number of nitrogens with zero attached hydrogens (tertiary/aromatic N) is 3. The molecule has 1 unspecified atom stereocenters. The molecule has 3 rings (SSSR count). The average molecular weight is 342 g/mol. The normalized spacial score (nSPS) is 17.4. The molecule has 1 saturated heterocycles. The first kappa shape index (κ1) is 17.3. The average Bonchev–Trinajstić information content (AvgIpc) is 2.65. The molecule has 1 aliphatic rings. The van der Waals surface area contributed by atoms with Crippen molar-refractivity contribution in [1.82, 2.24) is 19.9 Å². The third kappa shape index (κ3) is 5.22. The summed E-state index contributed by atoms with van der Waals surface area (Å²) in [6, 6.07) is 5.36. The highest BCUT2D eigenvalue weighted by Gasteiger charge is 2.23. The van der Waals surface area contributed by atoms with Gasteiger partial charge in [-0.3, -0.25) is 14.6 Å². The molecule has 132 valence electrons. The van der Waals surface area contributed by atoms with Crippen LogP contribution in [0.5, 0.6) is 0 Å². The maximum Gasteiger partial charge on any atom is 0.250 e. The van der Waals surface area contributed by atoms with E-state index in [2.05, 4.69) is 15.0 Å². The number of aryl methyl sites for hydroxylation is 2. The van der Waals surface area contributed by atoms with Crippen molar-refractivity contribution in [2.45, 2.75) is 31.8 Å². The number of ether oxygens (including phenoxy) is 1. The number of morpholine rings is 1. The molecule has 1 N–H and O–H groups in total. The first-order valence-corrected chi connectivity index (χ1v) is 8.52. The monoisotopic (exact) mass is 342 g/mol. The quantitative estimate of drug-likeness (QED) is 0.845. The lowest BCUT2D eigenvalue weighted by Crippen LogP contribution is -2.45. The van der Waals surface area contributed by atoms with Crippen molar-refractivity contribution in [3.05, 3.63) is 58.5 Å². The van der Waals surface area contributed by atoms with Gasteiger partial charge in [0, 0.05) is 43.7 Å². The van der Waals surface area contributed by atoms with Crippen molar-refractivity contribution in [2.24, 2.45) is 0 Å². The molecule has 0 saturated carbocycles. The highest BCUT2D eigenvalue weighted by Crippen LogP contribution is 2.13. The zero-order chi connectivity index (χ0) is 17.5. The van der Waals surface area contributed by atoms with E-state index in [1.165, 1.54) is 12.4 Å². The number of nitrogens with one attached hydrogen (secondary N) is 1. The second kappa shape index (κ2) is 8.53. The van der Waals surface area contributed by atoms with Gasteiger partial charge in [-0.1, -0.05) is 6.07 Å². The van der Waals surface area contributed by atoms with Gasteiger partial charge < -0.3 is 14.6 Å². The number of aromatic amines is 1. The van der Waals surface area contributed by atoms with Crippen LogP contribution in [-0.2, 0) is 22.4 Å². The summed E-state index contributed by atoms with van der Waals surface area (Å²) in [7, 11) is 0. The molecular formula is C18H22N4O3. The molecule has 2 aromatic heterocycles. The van der Waals surface area contributed by atoms with E-state index < -0.39 is 0 Å². The molecule has 0 bridgehead atoms. The van der Waals surface area contributed by atoms with Gasteiger partial charge in [0.05, 0.1) is 19.0 Å². The van der Waals surface area contributed by atoms with Gasteiger partial charge in [-0.25, -0.2) is 4.98 Å². The van der Waals surface area contributed by atoms with Crippen molar-refractivity contribution in [2.75, 3.05) is 19.7 Å². The van der Waals surface area contributed by atoms with Crippen LogP contribution in [0.4, 0.5) is 0 Å². The lowest BCUT2D eigenvalue weighted by Gasteiger charge is -2.33. The second-order valence-electron chi connectivity index (χ2n) is 6.13. The fourth-order valence-electron chi connectivity index (χ4n) is 2.93. The van der Waals surface area contributed by atoms with Crippen LogP contribution in [0.3, 0.4) is 0 Å². The summed E-state index contributed by atoms with van der Waals surface area (Å²) in [4.78, 5) is 36.3. The summed E-state index contributed by atoms with van der Waals surface area (Å²) < 4.78 is 5.76. The van der Waals surface area contributed by atoms with Gasteiger partial charge in [-0.05, 0) is 30.9 Å². The molecule has 2 aromatic rings. The molecule has 1 aliphatic heterocycles. The third-order valence-corrected chi connectivity index (χ3v) is 4.30. The van der Waals surface area contributed by atoms with E-state index in [1.807, 2.05) is 17.0 Å². The van der Waals surface area contributed by atoms with E-state index in [9.17, 15) is 9.59 Å². The van der Waals surface area contributed by atoms with Crippen molar-refractivity contribution in [3.8, 4) is 0 Å². The smallest absolute Gasteiger partial charge is 0.250 e. The molecule has 25 heavy (non-hydrogen) atoms. The van der Waals surface area contributed by atoms with E-state index in [0.29, 0.717) is 39.0 Å². The maximum absolute atomic E-state index is 12.4. The van der Waals surface area contributed by atoms with E-state index in [1.54, 1.807) is 12.4 Å². The van der Waals surface area contributed by atoms with Crippen molar-refractivity contribution < 1.29 is 9.53 Å². The molecule has 1 amide bonds. The fraction of sp³-hybridized carbons (Fsp3) is 0.444. The Balaban J connectivity index is 1.47. The Morgan fingerprint density at radius 3 is 3.12 bits per heavy atom. The number of rotatable bonds is 6. The standard InChI is InChI=1S/C18H22N4O3/c23-17-10-15(20-13-21-17)4-5-16-12-22(8-9-25-16)18(24)6-3-14-2-1-7-19-11-14/h1-2,7,10-11,13,16H,3-6,8-9,12H2,(H,20,21,23). The van der Waals surface area contributed by atoms with Crippen LogP contribution < -0.4 is 5.56 Å². The Hall–Kier alpha value is -2.54. The third-order valence-electron chi connectivity index (χ3n) is 4.30. The summed E-state index contributed by atoms with van der Waals surface area (Å²) >= 11 is 0. The minimum absolute atomic E-state index is 0.0165. The van der Waals surface area contributed by atoms with Crippen LogP contribution in [0.15, 0.2) is 41.7 Å². The number of aromatic nitrogens is 3. The Morgan fingerprint density at radius 2 is 2.32 bits per heavy atom. The highest BCUT2D eigenvalue weighted by molar-refractivity contribution is 5.76. The number of hydrogen-bond acceptors (Lipinski definition) is 5. The summed E-state index contributed by atoms with van der Waals surface area (Å²) in [5.74, 6) is 0.145. The van der Waals surface area contributed by atoms with Gasteiger partial charge in [0.2, 0.25) is 5.91 Å². The summed E-state index contributed by atoms with van der Waals surface area (Å²) in [5, 5.41) is 0. The van der Waals surface area contributed by atoms with Gasteiger partial charge in [-0.15, -0.1) is 0 Å². The van der Waals surface area contributed by atoms with Crippen molar-refractivity contribution in [1.29, 1.82) is 0 Å². The van der Waals surface area contributed by atoms with Crippen LogP contribution in [0, 0.1) is 0 Å². The molecule has 0 spiro atoms. The van der Waals surface area contributed by atoms with Crippen LogP contribution in [0.25, 0.3) is 0 Å². The zero-order valence-corrected chi connectivity index (χ0v) is 14.1. The summed E-state index contributed by atoms with van der Waals surface area (Å²) in [6.45, 7) is 1.77. The maximum atomic E-state index is 12.4. The van der Waals surface area contributed by atoms with E-state index in [4.69, 9.17) is 4.74 Å². The molecule has 7 nitrogen and oxygen atoms in total. The van der Waals surface area contributed by atoms with Crippen LogP contribution in [0.2, 0.25) is 0 Å². The summed E-state index contributed by atoms with van der Waals surface area (Å²) in [6.07, 6.45) is 7.50. The van der Waals surface area contributed by atoms with Gasteiger partial charge in [0.25, 0.3) is 5.56 Å². The van der Waals surface area contributed by atoms with E-state index in [-0.39, 0.29) is 17.6 Å². The largest absolute Gasteiger partial charge is 0.375 e. The van der Waals surface area contributed by atoms with E-state index in [0.717, 1.165) is 17.7 Å². The molecule has 0 aromatic carbocycles. The topological polar surface area (TPSA) is 88.2 Å². The van der Waals surface area contributed by atoms with Gasteiger partial charge in [0.1, 0.15) is 0 Å².